The van der Waals surface area contributed by atoms with Gasteiger partial charge in [0.05, 0.1) is 16.6 Å². The average Bonchev–Trinajstić information content (AvgIpc) is 3.02. The zero-order valence-electron chi connectivity index (χ0n) is 26.9. The van der Waals surface area contributed by atoms with Crippen molar-refractivity contribution in [2.75, 3.05) is 25.5 Å². The molecule has 1 saturated heterocycles. The highest BCUT2D eigenvalue weighted by Crippen LogP contribution is 2.32. The molecule has 0 spiro atoms. The molecular formula is C35H45ClFN5O3. The smallest absolute Gasteiger partial charge is 0.293 e. The molecule has 1 fully saturated rings. The van der Waals surface area contributed by atoms with E-state index >= 15 is 0 Å². The summed E-state index contributed by atoms with van der Waals surface area (Å²) in [7, 11) is 2.04. The monoisotopic (exact) mass is 637 g/mol. The van der Waals surface area contributed by atoms with Gasteiger partial charge < -0.3 is 20.1 Å². The lowest BCUT2D eigenvalue weighted by molar-refractivity contribution is -0.131. The fourth-order valence-corrected chi connectivity index (χ4v) is 4.99. The van der Waals surface area contributed by atoms with E-state index in [-0.39, 0.29) is 18.5 Å². The number of likely N-dealkylation sites (tertiary alicyclic amines) is 1. The lowest BCUT2D eigenvalue weighted by Crippen LogP contribution is -2.40. The number of carbonyl (C=O) groups excluding carboxylic acids is 1. The van der Waals surface area contributed by atoms with Crippen LogP contribution in [0.4, 0.5) is 15.9 Å². The first kappa shape index (κ1) is 35.7. The molecule has 10 heteroatoms. The number of hydrogen-bond acceptors (Lipinski definition) is 8. The lowest BCUT2D eigenvalue weighted by Gasteiger charge is -2.32. The summed E-state index contributed by atoms with van der Waals surface area (Å²) >= 11 is 6.51. The number of ether oxygens (including phenoxy) is 2. The summed E-state index contributed by atoms with van der Waals surface area (Å²) in [6.07, 6.45) is 5.15. The van der Waals surface area contributed by atoms with Gasteiger partial charge in [0, 0.05) is 23.7 Å². The van der Waals surface area contributed by atoms with Gasteiger partial charge in [0.25, 0.3) is 6.47 Å². The average molecular weight is 638 g/mol. The van der Waals surface area contributed by atoms with Gasteiger partial charge in [0.1, 0.15) is 30.3 Å². The van der Waals surface area contributed by atoms with Crippen molar-refractivity contribution < 1.29 is 18.7 Å². The largest absolute Gasteiger partial charge is 0.487 e. The maximum absolute atomic E-state index is 13.4. The van der Waals surface area contributed by atoms with Gasteiger partial charge in [-0.25, -0.2) is 14.4 Å². The van der Waals surface area contributed by atoms with Crippen molar-refractivity contribution in [2.24, 2.45) is 0 Å². The van der Waals surface area contributed by atoms with Gasteiger partial charge in [0.2, 0.25) is 0 Å². The molecule has 0 unspecified atom stereocenters. The third kappa shape index (κ3) is 11.6. The fraction of sp³-hybridized carbons (Fsp3) is 0.400. The summed E-state index contributed by atoms with van der Waals surface area (Å²) in [4.78, 5) is 20.9. The van der Waals surface area contributed by atoms with Crippen molar-refractivity contribution in [2.45, 2.75) is 72.3 Å². The molecule has 1 aliphatic rings. The molecule has 1 aliphatic heterocycles. The SMILES string of the molecule is CC(C)OC=O.CCC.CNC1CCN(Cc2cccc3ncnc(Nc4ccc(OCc5cccc(F)c5)c(Cl)c4)c23)CC1. The highest BCUT2D eigenvalue weighted by atomic mass is 35.5. The second-order valence-corrected chi connectivity index (χ2v) is 11.5. The molecule has 2 heterocycles. The van der Waals surface area contributed by atoms with Crippen LogP contribution in [0.5, 0.6) is 5.75 Å². The number of benzene rings is 3. The zero-order chi connectivity index (χ0) is 32.6. The van der Waals surface area contributed by atoms with Gasteiger partial charge >= 0.3 is 0 Å². The quantitative estimate of drug-likeness (QED) is 0.170. The summed E-state index contributed by atoms with van der Waals surface area (Å²) in [5.41, 5.74) is 3.63. The van der Waals surface area contributed by atoms with Crippen LogP contribution < -0.4 is 15.4 Å². The zero-order valence-corrected chi connectivity index (χ0v) is 27.6. The molecule has 0 saturated carbocycles. The molecule has 0 amide bonds. The number of hydrogen-bond donors (Lipinski definition) is 2. The van der Waals surface area contributed by atoms with E-state index in [0.29, 0.717) is 23.3 Å². The number of anilines is 2. The van der Waals surface area contributed by atoms with E-state index in [9.17, 15) is 9.18 Å². The predicted molar refractivity (Wildman–Crippen MR) is 181 cm³/mol. The molecule has 0 atom stereocenters. The van der Waals surface area contributed by atoms with E-state index in [0.717, 1.165) is 60.4 Å². The van der Waals surface area contributed by atoms with Gasteiger partial charge in [-0.3, -0.25) is 9.69 Å². The van der Waals surface area contributed by atoms with Crippen molar-refractivity contribution in [1.29, 1.82) is 0 Å². The van der Waals surface area contributed by atoms with E-state index < -0.39 is 0 Å². The summed E-state index contributed by atoms with van der Waals surface area (Å²) < 4.78 is 23.6. The molecule has 242 valence electrons. The number of nitrogens with zero attached hydrogens (tertiary/aromatic N) is 3. The number of fused-ring (bicyclic) bond motifs is 1. The minimum Gasteiger partial charge on any atom is -0.487 e. The summed E-state index contributed by atoms with van der Waals surface area (Å²) in [6, 6.07) is 18.6. The van der Waals surface area contributed by atoms with Crippen molar-refractivity contribution in [1.82, 2.24) is 20.2 Å². The van der Waals surface area contributed by atoms with E-state index in [1.165, 1.54) is 24.1 Å². The van der Waals surface area contributed by atoms with Gasteiger partial charge in [-0.15, -0.1) is 0 Å². The molecule has 1 aromatic heterocycles. The summed E-state index contributed by atoms with van der Waals surface area (Å²) in [6.45, 7) is 11.5. The molecule has 4 aromatic rings. The maximum Gasteiger partial charge on any atom is 0.293 e. The van der Waals surface area contributed by atoms with Crippen LogP contribution in [-0.2, 0) is 22.7 Å². The van der Waals surface area contributed by atoms with Gasteiger partial charge in [-0.2, -0.15) is 0 Å². The van der Waals surface area contributed by atoms with Gasteiger partial charge in [-0.05, 0) is 94.4 Å². The molecular weight excluding hydrogens is 593 g/mol. The highest BCUT2D eigenvalue weighted by molar-refractivity contribution is 6.32. The molecule has 2 N–H and O–H groups in total. The topological polar surface area (TPSA) is 88.6 Å². The third-order valence-electron chi connectivity index (χ3n) is 6.94. The Balaban J connectivity index is 0.000000543. The number of nitrogens with one attached hydrogen (secondary N) is 2. The van der Waals surface area contributed by atoms with Crippen LogP contribution in [0, 0.1) is 5.82 Å². The number of rotatable bonds is 10. The Morgan fingerprint density at radius 3 is 2.42 bits per heavy atom. The number of piperidine rings is 1. The van der Waals surface area contributed by atoms with Crippen molar-refractivity contribution in [3.05, 3.63) is 89.0 Å². The maximum atomic E-state index is 13.4. The highest BCUT2D eigenvalue weighted by Gasteiger charge is 2.19. The normalized spacial score (nSPS) is 13.3. The number of halogens is 2. The minimum absolute atomic E-state index is 0.0301. The summed E-state index contributed by atoms with van der Waals surface area (Å²) in [5.74, 6) is 0.982. The van der Waals surface area contributed by atoms with Crippen LogP contribution in [0.2, 0.25) is 5.02 Å². The Morgan fingerprint density at radius 1 is 1.07 bits per heavy atom. The van der Waals surface area contributed by atoms with E-state index in [2.05, 4.69) is 56.2 Å². The van der Waals surface area contributed by atoms with Crippen LogP contribution in [-0.4, -0.2) is 53.6 Å². The molecule has 3 aromatic carbocycles. The van der Waals surface area contributed by atoms with Crippen molar-refractivity contribution in [3.8, 4) is 5.75 Å². The van der Waals surface area contributed by atoms with Gasteiger partial charge in [0.15, 0.2) is 0 Å². The molecule has 0 aliphatic carbocycles. The van der Waals surface area contributed by atoms with Crippen molar-refractivity contribution in [3.63, 3.8) is 0 Å². The standard InChI is InChI=1S/C28H29ClFN5O.C4H8O2.C3H8/c1-31-22-10-12-35(13-11-22)16-20-5-3-7-25-27(20)28(33-18-32-25)34-23-8-9-26(24(29)15-23)36-17-19-4-2-6-21(30)14-19;1-4(2)6-3-5;1-3-2/h2-9,14-15,18,22,31H,10-13,16-17H2,1H3,(H,32,33,34);3-4H,1-2H3;3H2,1-2H3. The number of carbonyl (C=O) groups is 1. The molecule has 0 bridgehead atoms. The third-order valence-corrected chi connectivity index (χ3v) is 7.24. The molecule has 8 nitrogen and oxygen atoms in total. The van der Waals surface area contributed by atoms with Crippen LogP contribution in [0.15, 0.2) is 67.0 Å². The first-order valence-electron chi connectivity index (χ1n) is 15.4. The van der Waals surface area contributed by atoms with E-state index in [4.69, 9.17) is 16.3 Å². The Labute approximate surface area is 271 Å². The molecule has 0 radical (unpaired) electrons. The van der Waals surface area contributed by atoms with Crippen LogP contribution in [0.1, 0.15) is 58.1 Å². The Kier molecular flexibility index (Phi) is 15.0. The Bertz CT molecular complexity index is 1480. The second kappa shape index (κ2) is 18.9. The first-order valence-corrected chi connectivity index (χ1v) is 15.8. The predicted octanol–water partition coefficient (Wildman–Crippen LogP) is 7.91. The van der Waals surface area contributed by atoms with E-state index in [1.54, 1.807) is 32.3 Å². The van der Waals surface area contributed by atoms with Crippen molar-refractivity contribution >= 4 is 40.5 Å². The fourth-order valence-electron chi connectivity index (χ4n) is 4.76. The molecule has 5 rings (SSSR count). The Hall–Kier alpha value is -3.79. The molecule has 45 heavy (non-hydrogen) atoms. The van der Waals surface area contributed by atoms with E-state index in [1.807, 2.05) is 31.3 Å². The Morgan fingerprint density at radius 2 is 1.80 bits per heavy atom. The van der Waals surface area contributed by atoms with Gasteiger partial charge in [-0.1, -0.05) is 56.1 Å². The van der Waals surface area contributed by atoms with Crippen LogP contribution in [0.25, 0.3) is 10.9 Å². The second-order valence-electron chi connectivity index (χ2n) is 11.0. The van der Waals surface area contributed by atoms with Crippen LogP contribution in [0.3, 0.4) is 0 Å². The summed E-state index contributed by atoms with van der Waals surface area (Å²) in [5, 5.41) is 8.28. The van der Waals surface area contributed by atoms with Crippen LogP contribution >= 0.6 is 11.6 Å². The minimum atomic E-state index is -0.291. The first-order chi connectivity index (χ1) is 21.8. The lowest BCUT2D eigenvalue weighted by atomic mass is 10.0. The number of aromatic nitrogens is 2.